The van der Waals surface area contributed by atoms with E-state index in [1.807, 2.05) is 37.3 Å². The van der Waals surface area contributed by atoms with Gasteiger partial charge in [0.05, 0.1) is 6.61 Å². The van der Waals surface area contributed by atoms with E-state index in [9.17, 15) is 4.79 Å². The summed E-state index contributed by atoms with van der Waals surface area (Å²) in [6.45, 7) is 7.39. The SMILES string of the molecule is CCOC(=O)C(NCCC(C)C)c1ccccc1. The number of esters is 1. The van der Waals surface area contributed by atoms with E-state index < -0.39 is 0 Å². The molecule has 1 atom stereocenters. The Morgan fingerprint density at radius 2 is 1.94 bits per heavy atom. The highest BCUT2D eigenvalue weighted by molar-refractivity contribution is 5.77. The molecule has 0 fully saturated rings. The summed E-state index contributed by atoms with van der Waals surface area (Å²) in [6, 6.07) is 9.36. The van der Waals surface area contributed by atoms with Gasteiger partial charge in [-0.2, -0.15) is 0 Å². The smallest absolute Gasteiger partial charge is 0.327 e. The highest BCUT2D eigenvalue weighted by atomic mass is 16.5. The first-order chi connectivity index (χ1) is 8.65. The average Bonchev–Trinajstić information content (AvgIpc) is 2.35. The number of carbonyl (C=O) groups is 1. The zero-order valence-corrected chi connectivity index (χ0v) is 11.5. The summed E-state index contributed by atoms with van der Waals surface area (Å²) in [5, 5.41) is 3.28. The number of hydrogen-bond acceptors (Lipinski definition) is 3. The molecular weight excluding hydrogens is 226 g/mol. The molecular formula is C15H23NO2. The maximum absolute atomic E-state index is 11.9. The van der Waals surface area contributed by atoms with Gasteiger partial charge in [0.1, 0.15) is 6.04 Å². The number of hydrogen-bond donors (Lipinski definition) is 1. The lowest BCUT2D eigenvalue weighted by atomic mass is 10.1. The van der Waals surface area contributed by atoms with Crippen LogP contribution in [0.5, 0.6) is 0 Å². The van der Waals surface area contributed by atoms with Crippen LogP contribution in [0.15, 0.2) is 30.3 Å². The van der Waals surface area contributed by atoms with Gasteiger partial charge in [0, 0.05) is 0 Å². The minimum Gasteiger partial charge on any atom is -0.465 e. The summed E-state index contributed by atoms with van der Waals surface area (Å²) in [6.07, 6.45) is 1.04. The van der Waals surface area contributed by atoms with Crippen molar-refractivity contribution in [1.29, 1.82) is 0 Å². The fourth-order valence-corrected chi connectivity index (χ4v) is 1.72. The normalized spacial score (nSPS) is 12.4. The third-order valence-electron chi connectivity index (χ3n) is 2.73. The lowest BCUT2D eigenvalue weighted by molar-refractivity contribution is -0.145. The quantitative estimate of drug-likeness (QED) is 0.755. The van der Waals surface area contributed by atoms with E-state index in [1.165, 1.54) is 0 Å². The molecule has 1 rings (SSSR count). The van der Waals surface area contributed by atoms with Crippen LogP contribution in [0.4, 0.5) is 0 Å². The number of ether oxygens (including phenoxy) is 1. The van der Waals surface area contributed by atoms with Crippen molar-refractivity contribution < 1.29 is 9.53 Å². The Morgan fingerprint density at radius 3 is 2.50 bits per heavy atom. The van der Waals surface area contributed by atoms with E-state index in [1.54, 1.807) is 0 Å². The maximum Gasteiger partial charge on any atom is 0.327 e. The summed E-state index contributed by atoms with van der Waals surface area (Å²) in [5.74, 6) is 0.420. The summed E-state index contributed by atoms with van der Waals surface area (Å²) >= 11 is 0. The van der Waals surface area contributed by atoms with Crippen molar-refractivity contribution in [3.8, 4) is 0 Å². The number of nitrogens with one attached hydrogen (secondary N) is 1. The van der Waals surface area contributed by atoms with E-state index in [-0.39, 0.29) is 12.0 Å². The van der Waals surface area contributed by atoms with Gasteiger partial charge in [0.25, 0.3) is 0 Å². The van der Waals surface area contributed by atoms with Crippen LogP contribution < -0.4 is 5.32 Å². The fraction of sp³-hybridized carbons (Fsp3) is 0.533. The van der Waals surface area contributed by atoms with Crippen LogP contribution in [0.1, 0.15) is 38.8 Å². The Kier molecular flexibility index (Phi) is 6.44. The van der Waals surface area contributed by atoms with Crippen LogP contribution >= 0.6 is 0 Å². The number of rotatable bonds is 7. The second-order valence-electron chi connectivity index (χ2n) is 4.73. The average molecular weight is 249 g/mol. The number of benzene rings is 1. The summed E-state index contributed by atoms with van der Waals surface area (Å²) in [4.78, 5) is 11.9. The predicted molar refractivity (Wildman–Crippen MR) is 73.3 cm³/mol. The molecule has 0 saturated heterocycles. The molecule has 0 heterocycles. The largest absolute Gasteiger partial charge is 0.465 e. The Balaban J connectivity index is 2.66. The molecule has 0 bridgehead atoms. The molecule has 0 aliphatic heterocycles. The molecule has 0 amide bonds. The molecule has 18 heavy (non-hydrogen) atoms. The van der Waals surface area contributed by atoms with Gasteiger partial charge in [0.2, 0.25) is 0 Å². The topological polar surface area (TPSA) is 38.3 Å². The molecule has 1 unspecified atom stereocenters. The van der Waals surface area contributed by atoms with E-state index >= 15 is 0 Å². The molecule has 0 radical (unpaired) electrons. The van der Waals surface area contributed by atoms with Crippen molar-refractivity contribution >= 4 is 5.97 Å². The third kappa shape index (κ3) is 4.88. The Labute approximate surface area is 110 Å². The first kappa shape index (κ1) is 14.7. The zero-order valence-electron chi connectivity index (χ0n) is 11.5. The van der Waals surface area contributed by atoms with Crippen molar-refractivity contribution in [1.82, 2.24) is 5.32 Å². The first-order valence-corrected chi connectivity index (χ1v) is 6.60. The Hall–Kier alpha value is -1.35. The summed E-state index contributed by atoms with van der Waals surface area (Å²) in [7, 11) is 0. The van der Waals surface area contributed by atoms with Gasteiger partial charge in [-0.05, 0) is 31.4 Å². The van der Waals surface area contributed by atoms with Gasteiger partial charge in [-0.3, -0.25) is 0 Å². The van der Waals surface area contributed by atoms with Crippen LogP contribution in [0.3, 0.4) is 0 Å². The van der Waals surface area contributed by atoms with Crippen molar-refractivity contribution in [3.05, 3.63) is 35.9 Å². The summed E-state index contributed by atoms with van der Waals surface area (Å²) < 4.78 is 5.11. The minimum atomic E-state index is -0.357. The van der Waals surface area contributed by atoms with Crippen molar-refractivity contribution in [2.24, 2.45) is 5.92 Å². The molecule has 0 spiro atoms. The minimum absolute atomic E-state index is 0.201. The lowest BCUT2D eigenvalue weighted by Crippen LogP contribution is -2.31. The van der Waals surface area contributed by atoms with Crippen LogP contribution in [-0.2, 0) is 9.53 Å². The fourth-order valence-electron chi connectivity index (χ4n) is 1.72. The second kappa shape index (κ2) is 7.88. The third-order valence-corrected chi connectivity index (χ3v) is 2.73. The van der Waals surface area contributed by atoms with Crippen LogP contribution in [0.2, 0.25) is 0 Å². The number of carbonyl (C=O) groups excluding carboxylic acids is 1. The second-order valence-corrected chi connectivity index (χ2v) is 4.73. The maximum atomic E-state index is 11.9. The highest BCUT2D eigenvalue weighted by Gasteiger charge is 2.20. The van der Waals surface area contributed by atoms with Gasteiger partial charge in [-0.25, -0.2) is 4.79 Å². The van der Waals surface area contributed by atoms with E-state index in [2.05, 4.69) is 19.2 Å². The van der Waals surface area contributed by atoms with Crippen LogP contribution in [0, 0.1) is 5.92 Å². The Bertz CT molecular complexity index is 349. The first-order valence-electron chi connectivity index (χ1n) is 6.60. The van der Waals surface area contributed by atoms with Crippen LogP contribution in [0.25, 0.3) is 0 Å². The molecule has 1 aromatic carbocycles. The Morgan fingerprint density at radius 1 is 1.28 bits per heavy atom. The van der Waals surface area contributed by atoms with Crippen molar-refractivity contribution in [3.63, 3.8) is 0 Å². The molecule has 1 N–H and O–H groups in total. The van der Waals surface area contributed by atoms with E-state index in [0.717, 1.165) is 18.5 Å². The van der Waals surface area contributed by atoms with Gasteiger partial charge < -0.3 is 10.1 Å². The van der Waals surface area contributed by atoms with Crippen molar-refractivity contribution in [2.75, 3.05) is 13.2 Å². The predicted octanol–water partition coefficient (Wildman–Crippen LogP) is 2.93. The van der Waals surface area contributed by atoms with Gasteiger partial charge in [-0.15, -0.1) is 0 Å². The standard InChI is InChI=1S/C15H23NO2/c1-4-18-15(17)14(16-11-10-12(2)3)13-8-6-5-7-9-13/h5-9,12,14,16H,4,10-11H2,1-3H3. The van der Waals surface area contributed by atoms with Gasteiger partial charge in [-0.1, -0.05) is 44.2 Å². The monoisotopic (exact) mass is 249 g/mol. The van der Waals surface area contributed by atoms with Crippen molar-refractivity contribution in [2.45, 2.75) is 33.2 Å². The molecule has 0 saturated carbocycles. The van der Waals surface area contributed by atoms with Gasteiger partial charge >= 0.3 is 5.97 Å². The molecule has 3 nitrogen and oxygen atoms in total. The summed E-state index contributed by atoms with van der Waals surface area (Å²) in [5.41, 5.74) is 0.958. The van der Waals surface area contributed by atoms with E-state index in [4.69, 9.17) is 4.74 Å². The molecule has 100 valence electrons. The molecule has 0 aliphatic carbocycles. The molecule has 1 aromatic rings. The lowest BCUT2D eigenvalue weighted by Gasteiger charge is -2.18. The van der Waals surface area contributed by atoms with Gasteiger partial charge in [0.15, 0.2) is 0 Å². The molecule has 0 aliphatic rings. The zero-order chi connectivity index (χ0) is 13.4. The molecule has 0 aromatic heterocycles. The van der Waals surface area contributed by atoms with Crippen LogP contribution in [-0.4, -0.2) is 19.1 Å². The van der Waals surface area contributed by atoms with E-state index in [0.29, 0.717) is 12.5 Å². The highest BCUT2D eigenvalue weighted by Crippen LogP contribution is 2.14. The molecule has 3 heteroatoms.